The minimum absolute atomic E-state index is 0.0862. The van der Waals surface area contributed by atoms with Crippen molar-refractivity contribution in [3.05, 3.63) is 93.2 Å². The van der Waals surface area contributed by atoms with E-state index in [2.05, 4.69) is 43.9 Å². The van der Waals surface area contributed by atoms with Gasteiger partial charge >= 0.3 is 0 Å². The second kappa shape index (κ2) is 9.42. The molecular weight excluding hydrogens is 466 g/mol. The van der Waals surface area contributed by atoms with Crippen LogP contribution in [0.25, 0.3) is 27.7 Å². The van der Waals surface area contributed by atoms with Crippen molar-refractivity contribution in [2.24, 2.45) is 0 Å². The van der Waals surface area contributed by atoms with Crippen molar-refractivity contribution < 1.29 is 0 Å². The number of halogens is 1. The lowest BCUT2D eigenvalue weighted by molar-refractivity contribution is 0.102. The normalized spacial score (nSPS) is 15.5. The van der Waals surface area contributed by atoms with E-state index >= 15 is 0 Å². The smallest absolute Gasteiger partial charge is 0.255 e. The molecule has 1 aromatic heterocycles. The second-order valence-corrected chi connectivity index (χ2v) is 11.4. The number of likely N-dealkylation sites (tertiary alicyclic amines) is 1. The summed E-state index contributed by atoms with van der Waals surface area (Å²) in [5, 5.41) is 1.58. The number of piperidine rings is 1. The molecule has 0 aliphatic carbocycles. The van der Waals surface area contributed by atoms with Crippen LogP contribution in [0.1, 0.15) is 50.7 Å². The number of fused-ring (bicyclic) bond motifs is 1. The van der Waals surface area contributed by atoms with Crippen LogP contribution in [-0.2, 0) is 0 Å². The summed E-state index contributed by atoms with van der Waals surface area (Å²) in [7, 11) is 0. The first-order valence-corrected chi connectivity index (χ1v) is 13.1. The van der Waals surface area contributed by atoms with Crippen molar-refractivity contribution in [2.75, 3.05) is 18.8 Å². The number of hydrogen-bond acceptors (Lipinski definition) is 3. The quantitative estimate of drug-likeness (QED) is 0.304. The summed E-state index contributed by atoms with van der Waals surface area (Å²) >= 11 is 6.68. The largest absolute Gasteiger partial charge is 0.399 e. The highest BCUT2D eigenvalue weighted by molar-refractivity contribution is 6.32. The average Bonchev–Trinajstić information content (AvgIpc) is 2.84. The van der Waals surface area contributed by atoms with E-state index < -0.39 is 0 Å². The van der Waals surface area contributed by atoms with Gasteiger partial charge in [-0.1, -0.05) is 41.9 Å². The van der Waals surface area contributed by atoms with Crippen LogP contribution in [0.3, 0.4) is 0 Å². The summed E-state index contributed by atoms with van der Waals surface area (Å²) in [6.07, 6.45) is 2.17. The van der Waals surface area contributed by atoms with Gasteiger partial charge in [-0.05, 0) is 112 Å². The predicted octanol–water partition coefficient (Wildman–Crippen LogP) is 7.18. The SMILES string of the molecule is Cc1cccc(Cl)c1-n1c(=O)ccc2c(-c3cccc(N)c3)cc(C3CCN(C(C)(C)C)CC3)cc21. The molecule has 4 aromatic rings. The fraction of sp³-hybridized carbons (Fsp3) is 0.323. The molecule has 4 nitrogen and oxygen atoms in total. The fourth-order valence-electron chi connectivity index (χ4n) is 5.57. The van der Waals surface area contributed by atoms with Crippen LogP contribution in [-0.4, -0.2) is 28.1 Å². The number of para-hydroxylation sites is 1. The van der Waals surface area contributed by atoms with Gasteiger partial charge in [0.1, 0.15) is 0 Å². The van der Waals surface area contributed by atoms with Gasteiger partial charge in [0.2, 0.25) is 0 Å². The van der Waals surface area contributed by atoms with Gasteiger partial charge in [0.05, 0.1) is 16.2 Å². The summed E-state index contributed by atoms with van der Waals surface area (Å²) < 4.78 is 1.79. The zero-order valence-corrected chi connectivity index (χ0v) is 22.3. The first kappa shape index (κ1) is 24.6. The summed E-state index contributed by atoms with van der Waals surface area (Å²) in [6, 6.07) is 21.9. The molecule has 0 saturated carbocycles. The summed E-state index contributed by atoms with van der Waals surface area (Å²) in [4.78, 5) is 15.9. The van der Waals surface area contributed by atoms with Gasteiger partial charge in [-0.3, -0.25) is 14.3 Å². The minimum atomic E-state index is -0.0862. The second-order valence-electron chi connectivity index (χ2n) is 11.0. The van der Waals surface area contributed by atoms with Gasteiger partial charge in [-0.2, -0.15) is 0 Å². The Morgan fingerprint density at radius 2 is 1.67 bits per heavy atom. The van der Waals surface area contributed by atoms with Crippen molar-refractivity contribution in [1.82, 2.24) is 9.47 Å². The molecule has 186 valence electrons. The van der Waals surface area contributed by atoms with E-state index in [0.29, 0.717) is 10.9 Å². The molecule has 0 radical (unpaired) electrons. The molecule has 0 spiro atoms. The number of anilines is 1. The molecule has 0 amide bonds. The molecular formula is C31H34ClN3O. The van der Waals surface area contributed by atoms with Crippen molar-refractivity contribution in [2.45, 2.75) is 52.0 Å². The number of aromatic nitrogens is 1. The van der Waals surface area contributed by atoms with Crippen LogP contribution >= 0.6 is 11.6 Å². The Balaban J connectivity index is 1.75. The van der Waals surface area contributed by atoms with Crippen molar-refractivity contribution in [3.8, 4) is 16.8 Å². The lowest BCUT2D eigenvalue weighted by atomic mass is 9.85. The van der Waals surface area contributed by atoms with E-state index in [0.717, 1.165) is 64.9 Å². The molecule has 5 heteroatoms. The first-order valence-electron chi connectivity index (χ1n) is 12.7. The molecule has 1 aliphatic heterocycles. The van der Waals surface area contributed by atoms with E-state index in [9.17, 15) is 4.79 Å². The third-order valence-corrected chi connectivity index (χ3v) is 7.86. The number of benzene rings is 3. The van der Waals surface area contributed by atoms with Crippen LogP contribution in [0.2, 0.25) is 5.02 Å². The maximum Gasteiger partial charge on any atom is 0.255 e. The minimum Gasteiger partial charge on any atom is -0.399 e. The van der Waals surface area contributed by atoms with Crippen LogP contribution in [0.15, 0.2) is 71.5 Å². The zero-order chi connectivity index (χ0) is 25.6. The number of hydrogen-bond donors (Lipinski definition) is 1. The first-order chi connectivity index (χ1) is 17.1. The molecule has 0 atom stereocenters. The van der Waals surface area contributed by atoms with Gasteiger partial charge in [0, 0.05) is 22.7 Å². The van der Waals surface area contributed by atoms with Crippen LogP contribution in [0.5, 0.6) is 0 Å². The van der Waals surface area contributed by atoms with Crippen LogP contribution in [0.4, 0.5) is 5.69 Å². The van der Waals surface area contributed by atoms with Gasteiger partial charge in [-0.15, -0.1) is 0 Å². The number of nitrogen functional groups attached to an aromatic ring is 1. The molecule has 1 fully saturated rings. The third kappa shape index (κ3) is 4.56. The highest BCUT2D eigenvalue weighted by Crippen LogP contribution is 2.38. The molecule has 2 N–H and O–H groups in total. The number of rotatable bonds is 3. The predicted molar refractivity (Wildman–Crippen MR) is 152 cm³/mol. The number of nitrogens with zero attached hydrogens (tertiary/aromatic N) is 2. The highest BCUT2D eigenvalue weighted by Gasteiger charge is 2.28. The number of pyridine rings is 1. The maximum atomic E-state index is 13.4. The topological polar surface area (TPSA) is 51.3 Å². The molecule has 3 aromatic carbocycles. The standard InChI is InChI=1S/C31H34ClN3O/c1-20-7-5-10-27(32)30(20)35-28-19-23(21-13-15-34(16-14-21)31(2,3)4)18-26(25(28)11-12-29(35)36)22-8-6-9-24(33)17-22/h5-12,17-19,21H,13-16,33H2,1-4H3. The maximum absolute atomic E-state index is 13.4. The summed E-state index contributed by atoms with van der Waals surface area (Å²) in [5.74, 6) is 0.420. The van der Waals surface area contributed by atoms with Crippen molar-refractivity contribution in [1.29, 1.82) is 0 Å². The molecule has 1 saturated heterocycles. The Bertz CT molecular complexity index is 1470. The van der Waals surface area contributed by atoms with E-state index in [1.165, 1.54) is 5.56 Å². The van der Waals surface area contributed by atoms with Crippen LogP contribution in [0, 0.1) is 6.92 Å². The van der Waals surface area contributed by atoms with E-state index in [4.69, 9.17) is 17.3 Å². The van der Waals surface area contributed by atoms with E-state index in [1.54, 1.807) is 10.6 Å². The van der Waals surface area contributed by atoms with Crippen molar-refractivity contribution >= 4 is 28.2 Å². The van der Waals surface area contributed by atoms with Crippen LogP contribution < -0.4 is 11.3 Å². The Labute approximate surface area is 218 Å². The van der Waals surface area contributed by atoms with Gasteiger partial charge < -0.3 is 5.73 Å². The average molecular weight is 500 g/mol. The molecule has 2 heterocycles. The Morgan fingerprint density at radius 3 is 2.33 bits per heavy atom. The summed E-state index contributed by atoms with van der Waals surface area (Å²) in [6.45, 7) is 11.0. The highest BCUT2D eigenvalue weighted by atomic mass is 35.5. The molecule has 36 heavy (non-hydrogen) atoms. The molecule has 0 unspecified atom stereocenters. The van der Waals surface area contributed by atoms with Gasteiger partial charge in [-0.25, -0.2) is 0 Å². The Hall–Kier alpha value is -3.08. The lowest BCUT2D eigenvalue weighted by Crippen LogP contribution is -2.45. The van der Waals surface area contributed by atoms with E-state index in [-0.39, 0.29) is 11.1 Å². The van der Waals surface area contributed by atoms with E-state index in [1.807, 2.05) is 49.4 Å². The van der Waals surface area contributed by atoms with Crippen molar-refractivity contribution in [3.63, 3.8) is 0 Å². The lowest BCUT2D eigenvalue weighted by Gasteiger charge is -2.41. The van der Waals surface area contributed by atoms with Gasteiger partial charge in [0.25, 0.3) is 5.56 Å². The zero-order valence-electron chi connectivity index (χ0n) is 21.5. The fourth-order valence-corrected chi connectivity index (χ4v) is 5.88. The molecule has 1 aliphatic rings. The Morgan fingerprint density at radius 1 is 0.944 bits per heavy atom. The third-order valence-electron chi connectivity index (χ3n) is 7.56. The number of aryl methyl sites for hydroxylation is 1. The molecule has 0 bridgehead atoms. The number of nitrogens with two attached hydrogens (primary N) is 1. The Kier molecular flexibility index (Phi) is 6.44. The van der Waals surface area contributed by atoms with Gasteiger partial charge in [0.15, 0.2) is 0 Å². The molecule has 5 rings (SSSR count). The monoisotopic (exact) mass is 499 g/mol. The summed E-state index contributed by atoms with van der Waals surface area (Å²) in [5.41, 5.74) is 13.0.